The van der Waals surface area contributed by atoms with Crippen molar-refractivity contribution < 1.29 is 0 Å². The van der Waals surface area contributed by atoms with Crippen molar-refractivity contribution in [1.29, 1.82) is 0 Å². The van der Waals surface area contributed by atoms with Crippen LogP contribution in [0.1, 0.15) is 52.2 Å². The second kappa shape index (κ2) is 13.2. The van der Waals surface area contributed by atoms with Crippen molar-refractivity contribution in [2.24, 2.45) is 11.8 Å². The summed E-state index contributed by atoms with van der Waals surface area (Å²) in [5.74, 6) is 2.85. The summed E-state index contributed by atoms with van der Waals surface area (Å²) in [4.78, 5) is 18.6. The Kier molecular flexibility index (Phi) is 7.55. The number of allylic oxidation sites excluding steroid dienone is 13. The zero-order valence-electron chi connectivity index (χ0n) is 31.9. The van der Waals surface area contributed by atoms with Gasteiger partial charge in [0.15, 0.2) is 5.82 Å². The SMILES string of the molecule is C1=CC2C=CC(c3nc(C4C=C(c5ccccc5)C=CC4)nc(N4C5=Cc6ccccc6CC5c5c4cccc5-n4c5ccccc5c5ccccc54)n3)=CC2C=C1. The number of nitrogens with zero attached hydrogens (tertiary/aromatic N) is 5. The van der Waals surface area contributed by atoms with E-state index in [2.05, 4.69) is 198 Å². The van der Waals surface area contributed by atoms with Crippen LogP contribution in [-0.4, -0.2) is 19.5 Å². The highest BCUT2D eigenvalue weighted by Crippen LogP contribution is 2.54. The van der Waals surface area contributed by atoms with Crippen molar-refractivity contribution in [2.45, 2.75) is 24.7 Å². The molecule has 0 amide bonds. The first-order valence-electron chi connectivity index (χ1n) is 20.4. The smallest absolute Gasteiger partial charge is 0.238 e. The molecule has 0 saturated carbocycles. The van der Waals surface area contributed by atoms with Gasteiger partial charge in [-0.2, -0.15) is 9.97 Å². The normalized spacial score (nSPS) is 21.3. The Balaban J connectivity index is 1.09. The Hall–Kier alpha value is -7.11. The first-order valence-corrected chi connectivity index (χ1v) is 20.4. The zero-order valence-corrected chi connectivity index (χ0v) is 31.9. The van der Waals surface area contributed by atoms with Crippen LogP contribution in [0.4, 0.5) is 11.6 Å². The molecule has 5 nitrogen and oxygen atoms in total. The topological polar surface area (TPSA) is 46.8 Å². The van der Waals surface area contributed by atoms with E-state index in [1.165, 1.54) is 61.0 Å². The summed E-state index contributed by atoms with van der Waals surface area (Å²) in [7, 11) is 0. The zero-order chi connectivity index (χ0) is 38.2. The predicted molar refractivity (Wildman–Crippen MR) is 237 cm³/mol. The standard InChI is InChI=1S/C53H39N5/c1-2-14-34(15-3-1)37-20-12-21-40(30-37)51-54-52(41-29-28-35-16-4-5-17-36(35)31-41)56-53(55-51)58-48-27-13-26-47(50(48)44-32-38-18-6-7-19-39(38)33-49(44)58)57-45-24-10-8-22-42(45)43-23-9-11-25-46(43)57/h1-20,22-31,33,35-36,40,44H,21,32H2. The Morgan fingerprint density at radius 2 is 1.33 bits per heavy atom. The fraction of sp³-hybridized carbons (Fsp3) is 0.113. The quantitative estimate of drug-likeness (QED) is 0.176. The third-order valence-electron chi connectivity index (χ3n) is 12.6. The summed E-state index contributed by atoms with van der Waals surface area (Å²) >= 11 is 0. The third kappa shape index (κ3) is 5.27. The molecule has 1 aliphatic heterocycles. The van der Waals surface area contributed by atoms with Gasteiger partial charge in [-0.25, -0.2) is 4.98 Å². The maximum absolute atomic E-state index is 5.48. The number of hydrogen-bond acceptors (Lipinski definition) is 4. The van der Waals surface area contributed by atoms with Gasteiger partial charge in [-0.05, 0) is 65.4 Å². The minimum absolute atomic E-state index is 0.0120. The summed E-state index contributed by atoms with van der Waals surface area (Å²) < 4.78 is 2.47. The van der Waals surface area contributed by atoms with Crippen LogP contribution < -0.4 is 4.90 Å². The molecule has 4 atom stereocenters. The molecule has 58 heavy (non-hydrogen) atoms. The molecule has 0 saturated heterocycles. The van der Waals surface area contributed by atoms with Crippen LogP contribution in [0.2, 0.25) is 0 Å². The number of para-hydroxylation sites is 2. The second-order valence-corrected chi connectivity index (χ2v) is 15.9. The van der Waals surface area contributed by atoms with Gasteiger partial charge in [0.05, 0.1) is 22.4 Å². The van der Waals surface area contributed by atoms with Crippen molar-refractivity contribution in [3.05, 3.63) is 222 Å². The number of hydrogen-bond donors (Lipinski definition) is 0. The molecule has 0 bridgehead atoms. The van der Waals surface area contributed by atoms with Crippen LogP contribution in [0.5, 0.6) is 0 Å². The van der Waals surface area contributed by atoms with Crippen LogP contribution in [-0.2, 0) is 6.42 Å². The lowest BCUT2D eigenvalue weighted by Gasteiger charge is -2.27. The van der Waals surface area contributed by atoms with Crippen LogP contribution in [0.15, 0.2) is 188 Å². The second-order valence-electron chi connectivity index (χ2n) is 15.9. The minimum atomic E-state index is -0.0120. The van der Waals surface area contributed by atoms with Gasteiger partial charge in [0.1, 0.15) is 5.82 Å². The lowest BCUT2D eigenvalue weighted by Crippen LogP contribution is -2.22. The Bertz CT molecular complexity index is 2990. The van der Waals surface area contributed by atoms with E-state index in [1.807, 2.05) is 0 Å². The van der Waals surface area contributed by atoms with Gasteiger partial charge in [0, 0.05) is 51.3 Å². The van der Waals surface area contributed by atoms with E-state index in [0.29, 0.717) is 17.7 Å². The highest BCUT2D eigenvalue weighted by atomic mass is 15.3. The van der Waals surface area contributed by atoms with E-state index in [-0.39, 0.29) is 17.8 Å². The molecule has 0 spiro atoms. The summed E-state index contributed by atoms with van der Waals surface area (Å²) in [6, 6.07) is 43.8. The number of benzene rings is 5. The van der Waals surface area contributed by atoms with Gasteiger partial charge in [-0.1, -0.05) is 158 Å². The van der Waals surface area contributed by atoms with E-state index in [9.17, 15) is 0 Å². The molecule has 5 heteroatoms. The fourth-order valence-electron chi connectivity index (χ4n) is 9.84. The number of aromatic nitrogens is 4. The average molecular weight is 746 g/mol. The Morgan fingerprint density at radius 3 is 2.17 bits per heavy atom. The number of anilines is 2. The van der Waals surface area contributed by atoms with Crippen LogP contribution >= 0.6 is 0 Å². The summed E-state index contributed by atoms with van der Waals surface area (Å²) in [5, 5.41) is 2.51. The van der Waals surface area contributed by atoms with Crippen molar-refractivity contribution >= 4 is 50.7 Å². The maximum atomic E-state index is 5.48. The number of fused-ring (bicyclic) bond motifs is 8. The van der Waals surface area contributed by atoms with Gasteiger partial charge in [0.25, 0.3) is 0 Å². The first kappa shape index (κ1) is 33.1. The minimum Gasteiger partial charge on any atom is -0.309 e. The van der Waals surface area contributed by atoms with E-state index in [4.69, 9.17) is 15.0 Å². The van der Waals surface area contributed by atoms with Gasteiger partial charge in [0.2, 0.25) is 5.95 Å². The largest absolute Gasteiger partial charge is 0.309 e. The van der Waals surface area contributed by atoms with E-state index < -0.39 is 0 Å². The Morgan fingerprint density at radius 1 is 0.586 bits per heavy atom. The molecular formula is C53H39N5. The summed E-state index contributed by atoms with van der Waals surface area (Å²) in [6.45, 7) is 0. The molecular weight excluding hydrogens is 707 g/mol. The highest BCUT2D eigenvalue weighted by molar-refractivity contribution is 6.09. The van der Waals surface area contributed by atoms with Crippen molar-refractivity contribution in [3.8, 4) is 5.69 Å². The molecule has 2 aromatic heterocycles. The molecule has 5 aliphatic rings. The lowest BCUT2D eigenvalue weighted by atomic mass is 9.83. The van der Waals surface area contributed by atoms with E-state index in [0.717, 1.165) is 29.9 Å². The molecule has 5 aromatic carbocycles. The molecule has 0 radical (unpaired) electrons. The average Bonchev–Trinajstić information content (AvgIpc) is 3.81. The van der Waals surface area contributed by atoms with Crippen molar-refractivity contribution in [2.75, 3.05) is 4.90 Å². The molecule has 0 fully saturated rings. The molecule has 4 unspecified atom stereocenters. The van der Waals surface area contributed by atoms with E-state index >= 15 is 0 Å². The molecule has 3 heterocycles. The van der Waals surface area contributed by atoms with Crippen LogP contribution in [0, 0.1) is 11.8 Å². The molecule has 0 N–H and O–H groups in total. The van der Waals surface area contributed by atoms with Crippen LogP contribution in [0.25, 0.3) is 44.7 Å². The molecule has 12 rings (SSSR count). The van der Waals surface area contributed by atoms with Gasteiger partial charge in [-0.15, -0.1) is 0 Å². The molecule has 7 aromatic rings. The van der Waals surface area contributed by atoms with Gasteiger partial charge in [-0.3, -0.25) is 4.90 Å². The lowest BCUT2D eigenvalue weighted by molar-refractivity contribution is 0.661. The maximum Gasteiger partial charge on any atom is 0.238 e. The third-order valence-corrected chi connectivity index (χ3v) is 12.6. The first-order chi connectivity index (χ1) is 28.7. The molecule has 276 valence electrons. The van der Waals surface area contributed by atoms with Gasteiger partial charge < -0.3 is 4.57 Å². The predicted octanol–water partition coefficient (Wildman–Crippen LogP) is 12.2. The van der Waals surface area contributed by atoms with Crippen molar-refractivity contribution in [1.82, 2.24) is 19.5 Å². The monoisotopic (exact) mass is 745 g/mol. The van der Waals surface area contributed by atoms with E-state index in [1.54, 1.807) is 0 Å². The summed E-state index contributed by atoms with van der Waals surface area (Å²) in [6.07, 6.45) is 26.6. The molecule has 4 aliphatic carbocycles. The fourth-order valence-corrected chi connectivity index (χ4v) is 9.84. The summed E-state index contributed by atoms with van der Waals surface area (Å²) in [5.41, 5.74) is 13.2. The van der Waals surface area contributed by atoms with Crippen molar-refractivity contribution in [3.63, 3.8) is 0 Å². The van der Waals surface area contributed by atoms with Gasteiger partial charge >= 0.3 is 0 Å². The Labute approximate surface area is 337 Å². The number of rotatable bonds is 5. The van der Waals surface area contributed by atoms with Crippen LogP contribution in [0.3, 0.4) is 0 Å². The highest BCUT2D eigenvalue weighted by Gasteiger charge is 2.41.